The molecule has 0 fully saturated rings. The molecule has 0 aliphatic carbocycles. The maximum absolute atomic E-state index is 12.9. The maximum Gasteiger partial charge on any atom is 0.237 e. The first kappa shape index (κ1) is 22.1. The van der Waals surface area contributed by atoms with Crippen molar-refractivity contribution in [2.45, 2.75) is 28.9 Å². The van der Waals surface area contributed by atoms with E-state index < -0.39 is 21.7 Å². The van der Waals surface area contributed by atoms with Crippen molar-refractivity contribution in [3.8, 4) is 11.3 Å². The summed E-state index contributed by atoms with van der Waals surface area (Å²) in [7, 11) is -3.74. The third-order valence-electron chi connectivity index (χ3n) is 5.03. The van der Waals surface area contributed by atoms with Crippen LogP contribution in [0.5, 0.6) is 0 Å². The van der Waals surface area contributed by atoms with Gasteiger partial charge in [-0.05, 0) is 49.4 Å². The molecule has 166 valence electrons. The number of fused-ring (bicyclic) bond motifs is 1. The molecule has 1 aromatic heterocycles. The van der Waals surface area contributed by atoms with E-state index in [1.807, 2.05) is 0 Å². The van der Waals surface area contributed by atoms with E-state index in [-0.39, 0.29) is 21.8 Å². The number of thioether (sulfide) groups is 1. The predicted molar refractivity (Wildman–Crippen MR) is 122 cm³/mol. The Morgan fingerprint density at radius 1 is 1.22 bits per heavy atom. The SMILES string of the molecule is CC(CS(=O)(=O)c1ccc2c(c1)NC(=O)C(C)S2)C(=O)Nc1ccc(-c2ccno2)cc1. The highest BCUT2D eigenvalue weighted by Crippen LogP contribution is 2.37. The molecule has 3 aromatic rings. The molecule has 32 heavy (non-hydrogen) atoms. The number of benzene rings is 2. The fourth-order valence-corrected chi connectivity index (χ4v) is 5.74. The van der Waals surface area contributed by atoms with Crippen LogP contribution in [0.1, 0.15) is 13.8 Å². The van der Waals surface area contributed by atoms with Gasteiger partial charge in [0.2, 0.25) is 11.8 Å². The van der Waals surface area contributed by atoms with E-state index in [0.717, 1.165) is 10.5 Å². The van der Waals surface area contributed by atoms with Gasteiger partial charge < -0.3 is 15.2 Å². The molecule has 10 heteroatoms. The van der Waals surface area contributed by atoms with Crippen LogP contribution in [0.4, 0.5) is 11.4 Å². The highest BCUT2D eigenvalue weighted by Gasteiger charge is 2.27. The van der Waals surface area contributed by atoms with Crippen molar-refractivity contribution in [3.05, 3.63) is 54.7 Å². The summed E-state index contributed by atoms with van der Waals surface area (Å²) in [6.45, 7) is 3.35. The van der Waals surface area contributed by atoms with Crippen LogP contribution >= 0.6 is 11.8 Å². The molecule has 2 amide bonds. The number of rotatable bonds is 6. The lowest BCUT2D eigenvalue weighted by Gasteiger charge is -2.22. The maximum atomic E-state index is 12.9. The van der Waals surface area contributed by atoms with E-state index in [9.17, 15) is 18.0 Å². The zero-order chi connectivity index (χ0) is 22.9. The normalized spacial score (nSPS) is 16.7. The fourth-order valence-electron chi connectivity index (χ4n) is 3.23. The molecule has 0 spiro atoms. The van der Waals surface area contributed by atoms with E-state index in [2.05, 4.69) is 15.8 Å². The lowest BCUT2D eigenvalue weighted by Crippen LogP contribution is -2.28. The van der Waals surface area contributed by atoms with Crippen molar-refractivity contribution in [1.82, 2.24) is 5.16 Å². The van der Waals surface area contributed by atoms with Gasteiger partial charge >= 0.3 is 0 Å². The molecule has 2 aromatic carbocycles. The van der Waals surface area contributed by atoms with Gasteiger partial charge in [0.05, 0.1) is 27.8 Å². The smallest absolute Gasteiger partial charge is 0.237 e. The Morgan fingerprint density at radius 3 is 2.66 bits per heavy atom. The highest BCUT2D eigenvalue weighted by molar-refractivity contribution is 8.01. The van der Waals surface area contributed by atoms with Gasteiger partial charge in [0, 0.05) is 28.1 Å². The molecule has 0 saturated carbocycles. The monoisotopic (exact) mass is 471 g/mol. The van der Waals surface area contributed by atoms with Gasteiger partial charge in [0.25, 0.3) is 0 Å². The molecule has 2 N–H and O–H groups in total. The second-order valence-corrected chi connectivity index (χ2v) is 10.9. The topological polar surface area (TPSA) is 118 Å². The van der Waals surface area contributed by atoms with Crippen LogP contribution in [0, 0.1) is 5.92 Å². The van der Waals surface area contributed by atoms with Crippen LogP contribution in [0.3, 0.4) is 0 Å². The Morgan fingerprint density at radius 2 is 1.97 bits per heavy atom. The summed E-state index contributed by atoms with van der Waals surface area (Å²) in [6.07, 6.45) is 1.54. The van der Waals surface area contributed by atoms with Crippen molar-refractivity contribution in [3.63, 3.8) is 0 Å². The first-order valence-corrected chi connectivity index (χ1v) is 12.4. The van der Waals surface area contributed by atoms with Crippen molar-refractivity contribution in [1.29, 1.82) is 0 Å². The standard InChI is InChI=1S/C22H21N3O5S2/c1-13(21(26)24-16-5-3-15(4-6-16)19-9-10-23-30-19)12-32(28,29)17-7-8-20-18(11-17)25-22(27)14(2)31-20/h3-11,13-14H,12H2,1-2H3,(H,24,26)(H,25,27). The van der Waals surface area contributed by atoms with Crippen molar-refractivity contribution in [2.75, 3.05) is 16.4 Å². The predicted octanol–water partition coefficient (Wildman–Crippen LogP) is 3.82. The van der Waals surface area contributed by atoms with Crippen LogP contribution < -0.4 is 10.6 Å². The number of anilines is 2. The zero-order valence-electron chi connectivity index (χ0n) is 17.4. The number of hydrogen-bond donors (Lipinski definition) is 2. The van der Waals surface area contributed by atoms with E-state index in [1.165, 1.54) is 23.9 Å². The number of nitrogens with one attached hydrogen (secondary N) is 2. The third-order valence-corrected chi connectivity index (χ3v) is 8.12. The number of amides is 2. The summed E-state index contributed by atoms with van der Waals surface area (Å²) in [5.41, 5.74) is 1.83. The number of carbonyl (C=O) groups excluding carboxylic acids is 2. The number of carbonyl (C=O) groups is 2. The molecule has 4 rings (SSSR count). The lowest BCUT2D eigenvalue weighted by atomic mass is 10.1. The summed E-state index contributed by atoms with van der Waals surface area (Å²) in [5, 5.41) is 8.89. The summed E-state index contributed by atoms with van der Waals surface area (Å²) >= 11 is 1.38. The highest BCUT2D eigenvalue weighted by atomic mass is 32.2. The minimum Gasteiger partial charge on any atom is -0.356 e. The minimum absolute atomic E-state index is 0.0720. The van der Waals surface area contributed by atoms with Crippen LogP contribution in [0.25, 0.3) is 11.3 Å². The van der Waals surface area contributed by atoms with Crippen molar-refractivity contribution < 1.29 is 22.5 Å². The molecule has 2 atom stereocenters. The van der Waals surface area contributed by atoms with Crippen LogP contribution in [-0.2, 0) is 19.4 Å². The molecular weight excluding hydrogens is 450 g/mol. The first-order chi connectivity index (χ1) is 15.2. The van der Waals surface area contributed by atoms with Crippen LogP contribution in [-0.4, -0.2) is 36.4 Å². The number of sulfone groups is 1. The van der Waals surface area contributed by atoms with Gasteiger partial charge in [-0.3, -0.25) is 9.59 Å². The number of nitrogens with zero attached hydrogens (tertiary/aromatic N) is 1. The Labute approximate surface area is 189 Å². The molecular formula is C22H21N3O5S2. The summed E-state index contributed by atoms with van der Waals surface area (Å²) in [6, 6.07) is 13.3. The summed E-state index contributed by atoms with van der Waals surface area (Å²) < 4.78 is 30.9. The molecule has 8 nitrogen and oxygen atoms in total. The molecule has 2 heterocycles. The Bertz CT molecular complexity index is 1260. The molecule has 1 aliphatic rings. The van der Waals surface area contributed by atoms with Gasteiger partial charge in [0.1, 0.15) is 0 Å². The fraction of sp³-hybridized carbons (Fsp3) is 0.227. The van der Waals surface area contributed by atoms with Gasteiger partial charge in [-0.15, -0.1) is 11.8 Å². The van der Waals surface area contributed by atoms with Gasteiger partial charge in [-0.2, -0.15) is 0 Å². The van der Waals surface area contributed by atoms with E-state index >= 15 is 0 Å². The quantitative estimate of drug-likeness (QED) is 0.561. The zero-order valence-corrected chi connectivity index (χ0v) is 19.0. The van der Waals surface area contributed by atoms with Crippen LogP contribution in [0.15, 0.2) is 69.0 Å². The molecule has 0 saturated heterocycles. The van der Waals surface area contributed by atoms with E-state index in [0.29, 0.717) is 17.1 Å². The third kappa shape index (κ3) is 4.71. The average Bonchev–Trinajstić information content (AvgIpc) is 3.29. The van der Waals surface area contributed by atoms with Gasteiger partial charge in [-0.25, -0.2) is 8.42 Å². The molecule has 1 aliphatic heterocycles. The Hall–Kier alpha value is -3.11. The molecule has 0 bridgehead atoms. The van der Waals surface area contributed by atoms with Crippen molar-refractivity contribution in [2.24, 2.45) is 5.92 Å². The molecule has 0 radical (unpaired) electrons. The first-order valence-electron chi connectivity index (χ1n) is 9.89. The van der Waals surface area contributed by atoms with E-state index in [1.54, 1.807) is 56.4 Å². The average molecular weight is 472 g/mol. The Kier molecular flexibility index (Phi) is 6.07. The summed E-state index contributed by atoms with van der Waals surface area (Å²) in [5.74, 6) is -1.10. The minimum atomic E-state index is -3.74. The van der Waals surface area contributed by atoms with Crippen molar-refractivity contribution >= 4 is 44.8 Å². The second kappa shape index (κ2) is 8.79. The number of hydrogen-bond acceptors (Lipinski definition) is 7. The van der Waals surface area contributed by atoms with Crippen LogP contribution in [0.2, 0.25) is 0 Å². The molecule has 2 unspecified atom stereocenters. The lowest BCUT2D eigenvalue weighted by molar-refractivity contribution is -0.119. The number of aromatic nitrogens is 1. The largest absolute Gasteiger partial charge is 0.356 e. The van der Waals surface area contributed by atoms with Gasteiger partial charge in [-0.1, -0.05) is 12.1 Å². The second-order valence-electron chi connectivity index (χ2n) is 7.53. The summed E-state index contributed by atoms with van der Waals surface area (Å²) in [4.78, 5) is 25.4. The van der Waals surface area contributed by atoms with Gasteiger partial charge in [0.15, 0.2) is 15.6 Å². The Balaban J connectivity index is 1.42. The van der Waals surface area contributed by atoms with E-state index in [4.69, 9.17) is 4.52 Å².